The van der Waals surface area contributed by atoms with Gasteiger partial charge in [-0.3, -0.25) is 10.2 Å². The Kier molecular flexibility index (Phi) is 2.54. The van der Waals surface area contributed by atoms with Gasteiger partial charge in [0.2, 0.25) is 5.91 Å². The number of aromatic nitrogens is 2. The Labute approximate surface area is 67.8 Å². The fraction of sp³-hybridized carbons (Fsp3) is 0.167. The third-order valence-corrected chi connectivity index (χ3v) is 1.25. The molecule has 0 bridgehead atoms. The fourth-order valence-corrected chi connectivity index (χ4v) is 0.704. The molecule has 0 aromatic carbocycles. The standard InChI is InChI=1S/C6H8N4O2/c7-10-5(11)1-4-2-8-6(12)9-3-4/h2-3H,1,7H2,(H,10,11)(H,8,9,12). The van der Waals surface area contributed by atoms with Crippen LogP contribution in [0.5, 0.6) is 0 Å². The molecule has 0 spiro atoms. The van der Waals surface area contributed by atoms with E-state index in [0.717, 1.165) is 0 Å². The molecule has 1 rings (SSSR count). The van der Waals surface area contributed by atoms with Crippen LogP contribution in [0, 0.1) is 0 Å². The summed E-state index contributed by atoms with van der Waals surface area (Å²) in [7, 11) is 0. The Bertz CT molecular complexity index is 312. The maximum absolute atomic E-state index is 10.7. The van der Waals surface area contributed by atoms with E-state index in [1.54, 1.807) is 0 Å². The number of nitrogens with two attached hydrogens (primary N) is 1. The lowest BCUT2D eigenvalue weighted by Crippen LogP contribution is -2.31. The van der Waals surface area contributed by atoms with Crippen LogP contribution in [-0.2, 0) is 11.2 Å². The molecule has 0 atom stereocenters. The summed E-state index contributed by atoms with van der Waals surface area (Å²) < 4.78 is 0. The predicted octanol–water partition coefficient (Wildman–Crippen LogP) is -1.70. The van der Waals surface area contributed by atoms with Gasteiger partial charge in [0.15, 0.2) is 0 Å². The lowest BCUT2D eigenvalue weighted by atomic mass is 10.2. The Balaban J connectivity index is 2.71. The molecule has 6 nitrogen and oxygen atoms in total. The second kappa shape index (κ2) is 3.63. The quantitative estimate of drug-likeness (QED) is 0.278. The number of hydrogen-bond donors (Lipinski definition) is 3. The number of amides is 1. The minimum absolute atomic E-state index is 0.111. The Morgan fingerprint density at radius 3 is 3.00 bits per heavy atom. The molecule has 1 amide bonds. The lowest BCUT2D eigenvalue weighted by Gasteiger charge is -1.97. The number of carbonyl (C=O) groups is 1. The van der Waals surface area contributed by atoms with Crippen molar-refractivity contribution in [1.82, 2.24) is 15.4 Å². The molecule has 0 fully saturated rings. The topological polar surface area (TPSA) is 101 Å². The summed E-state index contributed by atoms with van der Waals surface area (Å²) in [4.78, 5) is 27.0. The van der Waals surface area contributed by atoms with Gasteiger partial charge in [-0.2, -0.15) is 0 Å². The van der Waals surface area contributed by atoms with Crippen molar-refractivity contribution in [2.75, 3.05) is 0 Å². The summed E-state index contributed by atoms with van der Waals surface area (Å²) in [5.41, 5.74) is 2.14. The highest BCUT2D eigenvalue weighted by atomic mass is 16.2. The van der Waals surface area contributed by atoms with E-state index in [4.69, 9.17) is 5.84 Å². The second-order valence-electron chi connectivity index (χ2n) is 2.17. The summed E-state index contributed by atoms with van der Waals surface area (Å²) in [6.07, 6.45) is 2.86. The van der Waals surface area contributed by atoms with Gasteiger partial charge in [0.05, 0.1) is 6.42 Å². The van der Waals surface area contributed by atoms with Crippen LogP contribution in [0.4, 0.5) is 0 Å². The van der Waals surface area contributed by atoms with Crippen molar-refractivity contribution < 1.29 is 4.79 Å². The van der Waals surface area contributed by atoms with E-state index in [-0.39, 0.29) is 12.3 Å². The number of nitrogens with one attached hydrogen (secondary N) is 2. The zero-order chi connectivity index (χ0) is 8.97. The molecule has 12 heavy (non-hydrogen) atoms. The number of aromatic amines is 1. The lowest BCUT2D eigenvalue weighted by molar-refractivity contribution is -0.120. The molecular weight excluding hydrogens is 160 g/mol. The average molecular weight is 168 g/mol. The van der Waals surface area contributed by atoms with Gasteiger partial charge in [-0.05, 0) is 5.56 Å². The molecule has 0 saturated carbocycles. The van der Waals surface area contributed by atoms with Gasteiger partial charge in [-0.15, -0.1) is 0 Å². The van der Waals surface area contributed by atoms with E-state index < -0.39 is 5.69 Å². The first-order chi connectivity index (χ1) is 5.72. The van der Waals surface area contributed by atoms with Crippen molar-refractivity contribution in [3.63, 3.8) is 0 Å². The van der Waals surface area contributed by atoms with E-state index in [1.807, 2.05) is 5.43 Å². The number of nitrogens with zero attached hydrogens (tertiary/aromatic N) is 1. The van der Waals surface area contributed by atoms with E-state index in [9.17, 15) is 9.59 Å². The van der Waals surface area contributed by atoms with Gasteiger partial charge < -0.3 is 4.98 Å². The van der Waals surface area contributed by atoms with Crippen LogP contribution in [0.25, 0.3) is 0 Å². The maximum atomic E-state index is 10.7. The highest BCUT2D eigenvalue weighted by molar-refractivity contribution is 5.77. The van der Waals surface area contributed by atoms with E-state index in [2.05, 4.69) is 9.97 Å². The monoisotopic (exact) mass is 168 g/mol. The Morgan fingerprint density at radius 2 is 2.50 bits per heavy atom. The van der Waals surface area contributed by atoms with Gasteiger partial charge in [0.25, 0.3) is 0 Å². The van der Waals surface area contributed by atoms with Crippen molar-refractivity contribution in [1.29, 1.82) is 0 Å². The minimum atomic E-state index is -0.438. The molecule has 64 valence electrons. The maximum Gasteiger partial charge on any atom is 0.344 e. The smallest absolute Gasteiger partial charge is 0.312 e. The number of rotatable bonds is 2. The third-order valence-electron chi connectivity index (χ3n) is 1.25. The van der Waals surface area contributed by atoms with Crippen molar-refractivity contribution in [3.8, 4) is 0 Å². The molecule has 1 heterocycles. The molecule has 0 aliphatic carbocycles. The fourth-order valence-electron chi connectivity index (χ4n) is 0.704. The predicted molar refractivity (Wildman–Crippen MR) is 40.9 cm³/mol. The third kappa shape index (κ3) is 2.17. The minimum Gasteiger partial charge on any atom is -0.312 e. The van der Waals surface area contributed by atoms with Crippen molar-refractivity contribution in [3.05, 3.63) is 28.4 Å². The van der Waals surface area contributed by atoms with E-state index >= 15 is 0 Å². The summed E-state index contributed by atoms with van der Waals surface area (Å²) in [6, 6.07) is 0. The van der Waals surface area contributed by atoms with Crippen LogP contribution < -0.4 is 17.0 Å². The van der Waals surface area contributed by atoms with Crippen LogP contribution in [0.2, 0.25) is 0 Å². The highest BCUT2D eigenvalue weighted by Crippen LogP contribution is 1.91. The molecule has 0 unspecified atom stereocenters. The van der Waals surface area contributed by atoms with Crippen molar-refractivity contribution in [2.24, 2.45) is 5.84 Å². The molecule has 0 aliphatic rings. The highest BCUT2D eigenvalue weighted by Gasteiger charge is 2.00. The number of hydrazine groups is 1. The Morgan fingerprint density at radius 1 is 1.75 bits per heavy atom. The first-order valence-corrected chi connectivity index (χ1v) is 3.25. The first-order valence-electron chi connectivity index (χ1n) is 3.25. The van der Waals surface area contributed by atoms with Gasteiger partial charge >= 0.3 is 5.69 Å². The largest absolute Gasteiger partial charge is 0.344 e. The molecule has 0 radical (unpaired) electrons. The number of carbonyl (C=O) groups excluding carboxylic acids is 1. The number of H-pyrrole nitrogens is 1. The second-order valence-corrected chi connectivity index (χ2v) is 2.17. The van der Waals surface area contributed by atoms with Crippen LogP contribution in [-0.4, -0.2) is 15.9 Å². The summed E-state index contributed by atoms with van der Waals surface area (Å²) in [5.74, 6) is 4.53. The van der Waals surface area contributed by atoms with Gasteiger partial charge in [0.1, 0.15) is 0 Å². The van der Waals surface area contributed by atoms with Crippen molar-refractivity contribution in [2.45, 2.75) is 6.42 Å². The molecule has 4 N–H and O–H groups in total. The molecule has 0 aliphatic heterocycles. The SMILES string of the molecule is NNC(=O)Cc1cnc(=O)[nH]c1. The molecule has 6 heteroatoms. The van der Waals surface area contributed by atoms with E-state index in [1.165, 1.54) is 12.4 Å². The van der Waals surface area contributed by atoms with Crippen LogP contribution in [0.3, 0.4) is 0 Å². The molecular formula is C6H8N4O2. The number of hydrogen-bond acceptors (Lipinski definition) is 4. The normalized spacial score (nSPS) is 9.42. The first kappa shape index (κ1) is 8.41. The van der Waals surface area contributed by atoms with Gasteiger partial charge in [-0.25, -0.2) is 15.6 Å². The van der Waals surface area contributed by atoms with Crippen LogP contribution in [0.15, 0.2) is 17.2 Å². The van der Waals surface area contributed by atoms with Crippen LogP contribution >= 0.6 is 0 Å². The Hall–Kier alpha value is -1.69. The summed E-state index contributed by atoms with van der Waals surface area (Å²) in [6.45, 7) is 0. The van der Waals surface area contributed by atoms with Crippen LogP contribution in [0.1, 0.15) is 5.56 Å². The zero-order valence-electron chi connectivity index (χ0n) is 6.20. The zero-order valence-corrected chi connectivity index (χ0v) is 6.20. The van der Waals surface area contributed by atoms with Gasteiger partial charge in [-0.1, -0.05) is 0 Å². The molecule has 1 aromatic heterocycles. The molecule has 0 saturated heterocycles. The summed E-state index contributed by atoms with van der Waals surface area (Å²) in [5, 5.41) is 0. The van der Waals surface area contributed by atoms with E-state index in [0.29, 0.717) is 5.56 Å². The average Bonchev–Trinajstić information content (AvgIpc) is 2.09. The summed E-state index contributed by atoms with van der Waals surface area (Å²) >= 11 is 0. The van der Waals surface area contributed by atoms with Gasteiger partial charge in [0, 0.05) is 12.4 Å². The van der Waals surface area contributed by atoms with Crippen molar-refractivity contribution >= 4 is 5.91 Å². The molecule has 1 aromatic rings.